The largest absolute Gasteiger partial charge is 0.352 e. The van der Waals surface area contributed by atoms with Crippen molar-refractivity contribution in [3.8, 4) is 0 Å². The molecule has 1 aromatic rings. The van der Waals surface area contributed by atoms with Crippen LogP contribution in [0.15, 0.2) is 18.3 Å². The van der Waals surface area contributed by atoms with Gasteiger partial charge < -0.3 is 15.1 Å². The molecule has 2 saturated heterocycles. The summed E-state index contributed by atoms with van der Waals surface area (Å²) in [5.41, 5.74) is -0.256. The lowest BCUT2D eigenvalue weighted by Crippen LogP contribution is -2.65. The number of anilines is 2. The molecule has 0 spiro atoms. The lowest BCUT2D eigenvalue weighted by Gasteiger charge is -2.43. The van der Waals surface area contributed by atoms with Crippen LogP contribution < -0.4 is 15.1 Å². The van der Waals surface area contributed by atoms with E-state index < -0.39 is 5.54 Å². The number of pyridine rings is 1. The van der Waals surface area contributed by atoms with Crippen LogP contribution in [-0.4, -0.2) is 65.4 Å². The number of hydrogen-bond donors (Lipinski definition) is 1. The van der Waals surface area contributed by atoms with E-state index in [-0.39, 0.29) is 30.3 Å². The fourth-order valence-electron chi connectivity index (χ4n) is 4.12. The van der Waals surface area contributed by atoms with Gasteiger partial charge in [-0.2, -0.15) is 0 Å². The van der Waals surface area contributed by atoms with E-state index in [9.17, 15) is 14.4 Å². The molecule has 1 aromatic heterocycles. The molecule has 1 N–H and O–H groups in total. The van der Waals surface area contributed by atoms with Gasteiger partial charge in [-0.1, -0.05) is 0 Å². The third kappa shape index (κ3) is 2.43. The second-order valence-electron chi connectivity index (χ2n) is 7.48. The lowest BCUT2D eigenvalue weighted by molar-refractivity contribution is -0.148. The summed E-state index contributed by atoms with van der Waals surface area (Å²) in [6.45, 7) is 5.06. The summed E-state index contributed by atoms with van der Waals surface area (Å²) in [6.07, 6.45) is 3.42. The number of carbonyl (C=O) groups excluding carboxylic acids is 3. The number of rotatable bonds is 2. The summed E-state index contributed by atoms with van der Waals surface area (Å²) in [6, 6.07) is 3.36. The minimum absolute atomic E-state index is 0.0596. The Kier molecular flexibility index (Phi) is 3.86. The van der Waals surface area contributed by atoms with E-state index in [1.807, 2.05) is 11.0 Å². The molecule has 8 nitrogen and oxygen atoms in total. The van der Waals surface area contributed by atoms with Crippen molar-refractivity contribution in [2.45, 2.75) is 38.3 Å². The van der Waals surface area contributed by atoms with Crippen LogP contribution >= 0.6 is 0 Å². The van der Waals surface area contributed by atoms with Crippen molar-refractivity contribution >= 4 is 29.2 Å². The number of nitrogens with zero attached hydrogens (tertiary/aromatic N) is 4. The maximum atomic E-state index is 13.0. The molecule has 0 unspecified atom stereocenters. The first-order chi connectivity index (χ1) is 12.4. The van der Waals surface area contributed by atoms with Crippen LogP contribution in [0, 0.1) is 0 Å². The number of fused-ring (bicyclic) bond motifs is 3. The second-order valence-corrected chi connectivity index (χ2v) is 7.48. The molecule has 4 heterocycles. The number of piperazine rings is 1. The highest BCUT2D eigenvalue weighted by molar-refractivity contribution is 6.08. The Bertz CT molecular complexity index is 778. The van der Waals surface area contributed by atoms with Crippen molar-refractivity contribution in [2.75, 3.05) is 36.0 Å². The summed E-state index contributed by atoms with van der Waals surface area (Å²) >= 11 is 0. The molecule has 138 valence electrons. The van der Waals surface area contributed by atoms with Crippen molar-refractivity contribution in [2.24, 2.45) is 0 Å². The molecule has 2 fully saturated rings. The normalized spacial score (nSPS) is 24.2. The van der Waals surface area contributed by atoms with Crippen LogP contribution in [0.25, 0.3) is 0 Å². The van der Waals surface area contributed by atoms with Crippen LogP contribution in [0.4, 0.5) is 11.5 Å². The summed E-state index contributed by atoms with van der Waals surface area (Å²) in [4.78, 5) is 47.7. The van der Waals surface area contributed by atoms with E-state index in [0.717, 1.165) is 25.2 Å². The maximum Gasteiger partial charge on any atom is 0.250 e. The highest BCUT2D eigenvalue weighted by atomic mass is 16.2. The molecule has 3 aliphatic heterocycles. The Morgan fingerprint density at radius 1 is 1.35 bits per heavy atom. The number of carbonyl (C=O) groups is 3. The molecule has 8 heteroatoms. The van der Waals surface area contributed by atoms with Crippen molar-refractivity contribution in [1.82, 2.24) is 15.2 Å². The lowest BCUT2D eigenvalue weighted by atomic mass is 9.98. The SMILES string of the molecule is CC1(C)C(=O)NCCN1C(=O)CN1C(=O)[C@H]2CCCN2c2ncccc21. The number of aromatic nitrogens is 1. The van der Waals surface area contributed by atoms with Gasteiger partial charge in [0.25, 0.3) is 0 Å². The zero-order valence-electron chi connectivity index (χ0n) is 15.1. The zero-order valence-corrected chi connectivity index (χ0v) is 15.1. The van der Waals surface area contributed by atoms with E-state index in [0.29, 0.717) is 18.8 Å². The van der Waals surface area contributed by atoms with Crippen LogP contribution in [0.3, 0.4) is 0 Å². The molecule has 0 aliphatic carbocycles. The first kappa shape index (κ1) is 16.8. The fourth-order valence-corrected chi connectivity index (χ4v) is 4.12. The van der Waals surface area contributed by atoms with Crippen molar-refractivity contribution in [3.05, 3.63) is 18.3 Å². The molecule has 0 radical (unpaired) electrons. The van der Waals surface area contributed by atoms with Gasteiger partial charge in [-0.3, -0.25) is 19.3 Å². The van der Waals surface area contributed by atoms with E-state index in [4.69, 9.17) is 0 Å². The monoisotopic (exact) mass is 357 g/mol. The highest BCUT2D eigenvalue weighted by Crippen LogP contribution is 2.38. The predicted octanol–water partition coefficient (Wildman–Crippen LogP) is 0.134. The van der Waals surface area contributed by atoms with Crippen LogP contribution in [0.2, 0.25) is 0 Å². The second kappa shape index (κ2) is 5.96. The van der Waals surface area contributed by atoms with Crippen molar-refractivity contribution in [1.29, 1.82) is 0 Å². The summed E-state index contributed by atoms with van der Waals surface area (Å²) in [7, 11) is 0. The first-order valence-electron chi connectivity index (χ1n) is 9.03. The highest BCUT2D eigenvalue weighted by Gasteiger charge is 2.45. The molecule has 26 heavy (non-hydrogen) atoms. The Morgan fingerprint density at radius 2 is 2.15 bits per heavy atom. The number of nitrogens with one attached hydrogen (secondary N) is 1. The molecule has 3 aliphatic rings. The predicted molar refractivity (Wildman–Crippen MR) is 95.8 cm³/mol. The minimum atomic E-state index is -0.925. The van der Waals surface area contributed by atoms with Gasteiger partial charge in [-0.25, -0.2) is 4.98 Å². The van der Waals surface area contributed by atoms with E-state index in [2.05, 4.69) is 10.3 Å². The molecule has 4 rings (SSSR count). The van der Waals surface area contributed by atoms with Crippen LogP contribution in [-0.2, 0) is 14.4 Å². The number of hydrogen-bond acceptors (Lipinski definition) is 5. The van der Waals surface area contributed by atoms with Gasteiger partial charge in [-0.15, -0.1) is 0 Å². The van der Waals surface area contributed by atoms with Crippen molar-refractivity contribution in [3.63, 3.8) is 0 Å². The summed E-state index contributed by atoms with van der Waals surface area (Å²) in [5.74, 6) is 0.305. The van der Waals surface area contributed by atoms with Gasteiger partial charge in [0.1, 0.15) is 18.1 Å². The average Bonchev–Trinajstić information content (AvgIpc) is 3.11. The Hall–Kier alpha value is -2.64. The molecule has 1 atom stereocenters. The summed E-state index contributed by atoms with van der Waals surface area (Å²) in [5, 5.41) is 2.79. The molecular weight excluding hydrogens is 334 g/mol. The molecule has 0 saturated carbocycles. The van der Waals surface area contributed by atoms with Gasteiger partial charge in [0, 0.05) is 25.8 Å². The molecule has 0 aromatic carbocycles. The zero-order chi connectivity index (χ0) is 18.5. The average molecular weight is 357 g/mol. The third-order valence-corrected chi connectivity index (χ3v) is 5.58. The topological polar surface area (TPSA) is 85.8 Å². The molecule has 3 amide bonds. The van der Waals surface area contributed by atoms with E-state index >= 15 is 0 Å². The molecule has 0 bridgehead atoms. The van der Waals surface area contributed by atoms with Gasteiger partial charge in [0.2, 0.25) is 17.7 Å². The fraction of sp³-hybridized carbons (Fsp3) is 0.556. The standard InChI is InChI=1S/C18H23N5O3/c1-18(2)17(26)20-8-10-23(18)14(24)11-22-12-5-3-7-19-15(12)21-9-4-6-13(21)16(22)25/h3,5,7,13H,4,6,8-11H2,1-2H3,(H,20,26)/t13-/m1/s1. The molecular formula is C18H23N5O3. The first-order valence-corrected chi connectivity index (χ1v) is 9.03. The third-order valence-electron chi connectivity index (χ3n) is 5.58. The van der Waals surface area contributed by atoms with Gasteiger partial charge in [0.15, 0.2) is 5.82 Å². The maximum absolute atomic E-state index is 13.0. The van der Waals surface area contributed by atoms with E-state index in [1.165, 1.54) is 0 Å². The van der Waals surface area contributed by atoms with E-state index in [1.54, 1.807) is 35.9 Å². The smallest absolute Gasteiger partial charge is 0.250 e. The van der Waals surface area contributed by atoms with Gasteiger partial charge in [0.05, 0.1) is 5.69 Å². The summed E-state index contributed by atoms with van der Waals surface area (Å²) < 4.78 is 0. The van der Waals surface area contributed by atoms with Crippen LogP contribution in [0.5, 0.6) is 0 Å². The number of amides is 3. The minimum Gasteiger partial charge on any atom is -0.352 e. The Morgan fingerprint density at radius 3 is 2.96 bits per heavy atom. The Labute approximate surface area is 152 Å². The van der Waals surface area contributed by atoms with Gasteiger partial charge >= 0.3 is 0 Å². The van der Waals surface area contributed by atoms with Gasteiger partial charge in [-0.05, 0) is 38.8 Å². The van der Waals surface area contributed by atoms with Crippen LogP contribution in [0.1, 0.15) is 26.7 Å². The Balaban J connectivity index is 1.63. The van der Waals surface area contributed by atoms with Crippen molar-refractivity contribution < 1.29 is 14.4 Å². The quantitative estimate of drug-likeness (QED) is 0.813.